The Labute approximate surface area is 149 Å². The van der Waals surface area contributed by atoms with Gasteiger partial charge in [0.05, 0.1) is 19.2 Å². The summed E-state index contributed by atoms with van der Waals surface area (Å²) >= 11 is 0. The minimum Gasteiger partial charge on any atom is -0.466 e. The zero-order chi connectivity index (χ0) is 18.0. The second-order valence-electron chi connectivity index (χ2n) is 7.59. The van der Waals surface area contributed by atoms with Crippen LogP contribution in [0.4, 0.5) is 4.79 Å². The molecule has 25 heavy (non-hydrogen) atoms. The highest BCUT2D eigenvalue weighted by molar-refractivity contribution is 6.07. The summed E-state index contributed by atoms with van der Waals surface area (Å²) in [7, 11) is 0. The molecule has 3 rings (SSSR count). The Balaban J connectivity index is 1.65. The normalized spacial score (nSPS) is 33.6. The molecule has 3 aliphatic rings. The van der Waals surface area contributed by atoms with E-state index in [4.69, 9.17) is 4.74 Å². The van der Waals surface area contributed by atoms with Gasteiger partial charge in [-0.2, -0.15) is 0 Å². The van der Waals surface area contributed by atoms with Gasteiger partial charge in [0, 0.05) is 6.54 Å². The maximum atomic E-state index is 13.0. The largest absolute Gasteiger partial charge is 0.466 e. The van der Waals surface area contributed by atoms with Crippen molar-refractivity contribution >= 4 is 17.9 Å². The van der Waals surface area contributed by atoms with Gasteiger partial charge >= 0.3 is 12.0 Å². The zero-order valence-corrected chi connectivity index (χ0v) is 15.3. The molecule has 2 aliphatic heterocycles. The van der Waals surface area contributed by atoms with Gasteiger partial charge in [-0.15, -0.1) is 0 Å². The van der Waals surface area contributed by atoms with E-state index >= 15 is 0 Å². The van der Waals surface area contributed by atoms with Gasteiger partial charge in [-0.1, -0.05) is 19.8 Å². The number of carbonyl (C=O) groups excluding carboxylic acids is 3. The molecular weight excluding hydrogens is 322 g/mol. The van der Waals surface area contributed by atoms with Crippen LogP contribution >= 0.6 is 0 Å². The van der Waals surface area contributed by atoms with Crippen molar-refractivity contribution in [1.29, 1.82) is 0 Å². The van der Waals surface area contributed by atoms with Crippen LogP contribution in [0.3, 0.4) is 0 Å². The number of hydrogen-bond donors (Lipinski definition) is 1. The smallest absolute Gasteiger partial charge is 0.326 e. The van der Waals surface area contributed by atoms with E-state index in [0.29, 0.717) is 13.2 Å². The highest BCUT2D eigenvalue weighted by Crippen LogP contribution is 2.38. The molecule has 3 unspecified atom stereocenters. The van der Waals surface area contributed by atoms with E-state index in [0.717, 1.165) is 45.1 Å². The molecule has 0 aromatic rings. The van der Waals surface area contributed by atoms with Gasteiger partial charge in [0.15, 0.2) is 0 Å². The lowest BCUT2D eigenvalue weighted by Crippen LogP contribution is -2.54. The fraction of sp³-hybridized carbons (Fsp3) is 0.833. The van der Waals surface area contributed by atoms with Crippen LogP contribution in [-0.4, -0.2) is 59.6 Å². The van der Waals surface area contributed by atoms with E-state index in [2.05, 4.69) is 12.2 Å². The molecule has 2 heterocycles. The van der Waals surface area contributed by atoms with Crippen molar-refractivity contribution in [2.24, 2.45) is 11.8 Å². The number of esters is 1. The van der Waals surface area contributed by atoms with Crippen LogP contribution in [0.1, 0.15) is 52.4 Å². The molecule has 0 aromatic carbocycles. The Kier molecular flexibility index (Phi) is 5.32. The Hall–Kier alpha value is -1.63. The van der Waals surface area contributed by atoms with Crippen molar-refractivity contribution in [3.8, 4) is 0 Å². The fourth-order valence-corrected chi connectivity index (χ4v) is 4.46. The number of piperidine rings is 1. The number of nitrogens with one attached hydrogen (secondary N) is 1. The predicted octanol–water partition coefficient (Wildman–Crippen LogP) is 1.72. The number of likely N-dealkylation sites (tertiary alicyclic amines) is 1. The van der Waals surface area contributed by atoms with E-state index in [1.54, 1.807) is 6.92 Å². The highest BCUT2D eigenvalue weighted by atomic mass is 16.5. The van der Waals surface area contributed by atoms with Gasteiger partial charge in [0.1, 0.15) is 5.54 Å². The van der Waals surface area contributed by atoms with Crippen molar-refractivity contribution in [2.45, 2.75) is 57.9 Å². The van der Waals surface area contributed by atoms with Crippen molar-refractivity contribution in [1.82, 2.24) is 15.1 Å². The summed E-state index contributed by atoms with van der Waals surface area (Å²) in [5.41, 5.74) is -0.717. The fourth-order valence-electron chi connectivity index (χ4n) is 4.46. The molecule has 2 saturated heterocycles. The first-order valence-electron chi connectivity index (χ1n) is 9.51. The summed E-state index contributed by atoms with van der Waals surface area (Å²) in [6, 6.07) is -0.294. The Morgan fingerprint density at radius 1 is 1.28 bits per heavy atom. The molecule has 1 spiro atoms. The Morgan fingerprint density at radius 3 is 2.80 bits per heavy atom. The molecule has 140 valence electrons. The summed E-state index contributed by atoms with van der Waals surface area (Å²) in [6.07, 6.45) is 5.44. The molecule has 0 radical (unpaired) electrons. The Morgan fingerprint density at radius 2 is 2.08 bits per heavy atom. The quantitative estimate of drug-likeness (QED) is 0.616. The zero-order valence-electron chi connectivity index (χ0n) is 15.3. The van der Waals surface area contributed by atoms with Crippen LogP contribution in [0.2, 0.25) is 0 Å². The first-order chi connectivity index (χ1) is 12.0. The number of amides is 3. The van der Waals surface area contributed by atoms with Crippen molar-refractivity contribution < 1.29 is 19.1 Å². The first kappa shape index (κ1) is 18.2. The maximum Gasteiger partial charge on any atom is 0.326 e. The second kappa shape index (κ2) is 7.32. The lowest BCUT2D eigenvalue weighted by molar-refractivity contribution is -0.150. The van der Waals surface area contributed by atoms with E-state index in [1.165, 1.54) is 4.90 Å². The van der Waals surface area contributed by atoms with Gasteiger partial charge in [0.25, 0.3) is 5.91 Å². The number of urea groups is 1. The standard InChI is InChI=1S/C18H29N3O4/c1-3-25-15(22)14-8-6-10-20(11-14)12-21-16(23)18(19-17(21)24)9-5-4-7-13(18)2/h13-14H,3-12H2,1-2H3,(H,19,24). The number of rotatable bonds is 4. The van der Waals surface area contributed by atoms with E-state index in [1.807, 2.05) is 4.90 Å². The van der Waals surface area contributed by atoms with Gasteiger partial charge < -0.3 is 10.1 Å². The predicted molar refractivity (Wildman–Crippen MR) is 91.5 cm³/mol. The molecule has 7 nitrogen and oxygen atoms in total. The van der Waals surface area contributed by atoms with Gasteiger partial charge in [0.2, 0.25) is 0 Å². The summed E-state index contributed by atoms with van der Waals surface area (Å²) in [4.78, 5) is 40.8. The van der Waals surface area contributed by atoms with Crippen LogP contribution < -0.4 is 5.32 Å². The lowest BCUT2D eigenvalue weighted by atomic mass is 9.73. The van der Waals surface area contributed by atoms with Crippen LogP contribution in [0.15, 0.2) is 0 Å². The molecule has 3 fully saturated rings. The molecule has 0 aromatic heterocycles. The third kappa shape index (κ3) is 3.38. The first-order valence-corrected chi connectivity index (χ1v) is 9.51. The van der Waals surface area contributed by atoms with Gasteiger partial charge in [-0.3, -0.25) is 14.5 Å². The Bertz CT molecular complexity index is 552. The van der Waals surface area contributed by atoms with Crippen molar-refractivity contribution in [3.05, 3.63) is 0 Å². The number of carbonyl (C=O) groups is 3. The van der Waals surface area contributed by atoms with E-state index in [-0.39, 0.29) is 36.4 Å². The van der Waals surface area contributed by atoms with Crippen molar-refractivity contribution in [3.63, 3.8) is 0 Å². The van der Waals surface area contributed by atoms with Gasteiger partial charge in [-0.05, 0) is 45.1 Å². The van der Waals surface area contributed by atoms with Crippen LogP contribution in [0.25, 0.3) is 0 Å². The van der Waals surface area contributed by atoms with E-state index < -0.39 is 5.54 Å². The second-order valence-corrected chi connectivity index (χ2v) is 7.59. The number of hydrogen-bond acceptors (Lipinski definition) is 5. The van der Waals surface area contributed by atoms with Crippen LogP contribution in [0.5, 0.6) is 0 Å². The molecule has 1 saturated carbocycles. The third-order valence-corrected chi connectivity index (χ3v) is 5.97. The third-order valence-electron chi connectivity index (χ3n) is 5.97. The summed E-state index contributed by atoms with van der Waals surface area (Å²) in [6.45, 7) is 5.82. The summed E-state index contributed by atoms with van der Waals surface area (Å²) in [5, 5.41) is 2.98. The molecular formula is C18H29N3O4. The monoisotopic (exact) mass is 351 g/mol. The minimum atomic E-state index is -0.717. The average molecular weight is 351 g/mol. The molecule has 0 bridgehead atoms. The SMILES string of the molecule is CCOC(=O)C1CCCN(CN2C(=O)NC3(CCCCC3C)C2=O)C1. The summed E-state index contributed by atoms with van der Waals surface area (Å²) in [5.74, 6) is -0.280. The molecule has 1 aliphatic carbocycles. The number of nitrogens with zero attached hydrogens (tertiary/aromatic N) is 2. The molecule has 1 N–H and O–H groups in total. The van der Waals surface area contributed by atoms with Crippen molar-refractivity contribution in [2.75, 3.05) is 26.4 Å². The highest BCUT2D eigenvalue weighted by Gasteiger charge is 2.55. The van der Waals surface area contributed by atoms with E-state index in [9.17, 15) is 14.4 Å². The molecule has 3 atom stereocenters. The minimum absolute atomic E-state index is 0.0945. The average Bonchev–Trinajstić information content (AvgIpc) is 2.83. The van der Waals surface area contributed by atoms with Crippen LogP contribution in [-0.2, 0) is 14.3 Å². The number of ether oxygens (including phenoxy) is 1. The maximum absolute atomic E-state index is 13.0. The van der Waals surface area contributed by atoms with Crippen LogP contribution in [0, 0.1) is 11.8 Å². The van der Waals surface area contributed by atoms with Gasteiger partial charge in [-0.25, -0.2) is 9.69 Å². The molecule has 3 amide bonds. The molecule has 7 heteroatoms. The topological polar surface area (TPSA) is 79.0 Å². The number of imide groups is 1. The lowest BCUT2D eigenvalue weighted by Gasteiger charge is -2.37. The summed E-state index contributed by atoms with van der Waals surface area (Å²) < 4.78 is 5.12.